The normalized spacial score (nSPS) is 21.9. The molecule has 27 heavy (non-hydrogen) atoms. The van der Waals surface area contributed by atoms with E-state index in [2.05, 4.69) is 0 Å². The van der Waals surface area contributed by atoms with Crippen molar-refractivity contribution in [3.63, 3.8) is 0 Å². The van der Waals surface area contributed by atoms with Crippen molar-refractivity contribution in [1.82, 2.24) is 9.80 Å². The van der Waals surface area contributed by atoms with Crippen molar-refractivity contribution in [1.29, 1.82) is 0 Å². The molecule has 0 radical (unpaired) electrons. The number of nitrogens with zero attached hydrogens (tertiary/aromatic N) is 2. The van der Waals surface area contributed by atoms with Gasteiger partial charge in [0.1, 0.15) is 12.4 Å². The molecule has 6 nitrogen and oxygen atoms in total. The average molecular weight is 372 g/mol. The molecule has 146 valence electrons. The topological polar surface area (TPSA) is 66.9 Å². The fourth-order valence-corrected chi connectivity index (χ4v) is 3.91. The van der Waals surface area contributed by atoms with Crippen LogP contribution in [0.4, 0.5) is 0 Å². The molecule has 2 unspecified atom stereocenters. The third-order valence-electron chi connectivity index (χ3n) is 5.62. The van der Waals surface area contributed by atoms with Crippen LogP contribution < -0.4 is 4.74 Å². The van der Waals surface area contributed by atoms with E-state index in [0.717, 1.165) is 31.4 Å². The molecular weight excluding hydrogens is 344 g/mol. The summed E-state index contributed by atoms with van der Waals surface area (Å²) in [4.78, 5) is 40.1. The maximum atomic E-state index is 12.4. The summed E-state index contributed by atoms with van der Waals surface area (Å²) in [7, 11) is 1.72. The number of imide groups is 1. The number of aryl methyl sites for hydroxylation is 1. The summed E-state index contributed by atoms with van der Waals surface area (Å²) in [5.74, 6) is 0.227. The van der Waals surface area contributed by atoms with Crippen molar-refractivity contribution in [2.24, 2.45) is 11.8 Å². The van der Waals surface area contributed by atoms with Crippen molar-refractivity contribution >= 4 is 17.7 Å². The lowest BCUT2D eigenvalue weighted by Gasteiger charge is -2.20. The molecule has 0 bridgehead atoms. The Hall–Kier alpha value is -2.37. The number of likely N-dealkylation sites (tertiary alicyclic amines) is 1. The van der Waals surface area contributed by atoms with Gasteiger partial charge in [0.2, 0.25) is 17.7 Å². The van der Waals surface area contributed by atoms with Crippen molar-refractivity contribution in [2.75, 3.05) is 26.7 Å². The molecule has 1 saturated carbocycles. The number of likely N-dealkylation sites (N-methyl/N-ethyl adjacent to an activating group) is 1. The minimum Gasteiger partial charge on any atom is -0.492 e. The molecule has 1 saturated heterocycles. The third-order valence-corrected chi connectivity index (χ3v) is 5.62. The first kappa shape index (κ1) is 19.4. The second kappa shape index (κ2) is 8.55. The van der Waals surface area contributed by atoms with Crippen molar-refractivity contribution < 1.29 is 19.1 Å². The number of hydrogen-bond acceptors (Lipinski definition) is 4. The summed E-state index contributed by atoms with van der Waals surface area (Å²) in [6.07, 6.45) is 3.79. The lowest BCUT2D eigenvalue weighted by Crippen LogP contribution is -2.37. The summed E-state index contributed by atoms with van der Waals surface area (Å²) in [6.45, 7) is 3.06. The van der Waals surface area contributed by atoms with Crippen LogP contribution >= 0.6 is 0 Å². The predicted octanol–water partition coefficient (Wildman–Crippen LogP) is 2.40. The highest BCUT2D eigenvalue weighted by Crippen LogP contribution is 2.37. The van der Waals surface area contributed by atoms with Gasteiger partial charge >= 0.3 is 0 Å². The number of carbonyl (C=O) groups excluding carboxylic acids is 3. The fourth-order valence-electron chi connectivity index (χ4n) is 3.91. The molecular formula is C21H28N2O4. The molecule has 3 amide bonds. The Morgan fingerprint density at radius 3 is 2.30 bits per heavy atom. The molecule has 1 aliphatic carbocycles. The molecule has 6 heteroatoms. The zero-order valence-electron chi connectivity index (χ0n) is 16.1. The van der Waals surface area contributed by atoms with Crippen LogP contribution in [0.3, 0.4) is 0 Å². The lowest BCUT2D eigenvalue weighted by molar-refractivity contribution is -0.140. The number of carbonyl (C=O) groups is 3. The van der Waals surface area contributed by atoms with Gasteiger partial charge < -0.3 is 9.64 Å². The van der Waals surface area contributed by atoms with E-state index >= 15 is 0 Å². The van der Waals surface area contributed by atoms with Crippen LogP contribution in [-0.2, 0) is 14.4 Å². The first-order valence-electron chi connectivity index (χ1n) is 9.76. The van der Waals surface area contributed by atoms with Gasteiger partial charge in [0.05, 0.1) is 18.4 Å². The van der Waals surface area contributed by atoms with Crippen LogP contribution in [-0.4, -0.2) is 54.3 Å². The molecule has 1 heterocycles. The SMILES string of the molecule is Cc1ccc(OCCN(C)C(=O)CCN2C(=O)C3CCCCC3C2=O)cc1. The summed E-state index contributed by atoms with van der Waals surface area (Å²) >= 11 is 0. The molecule has 1 aromatic rings. The molecule has 0 aromatic heterocycles. The molecule has 2 aliphatic rings. The van der Waals surface area contributed by atoms with E-state index in [1.165, 1.54) is 10.5 Å². The Morgan fingerprint density at radius 1 is 1.11 bits per heavy atom. The van der Waals surface area contributed by atoms with Gasteiger partial charge in [-0.1, -0.05) is 30.5 Å². The van der Waals surface area contributed by atoms with Gasteiger partial charge in [-0.05, 0) is 31.9 Å². The van der Waals surface area contributed by atoms with Crippen LogP contribution in [0.15, 0.2) is 24.3 Å². The van der Waals surface area contributed by atoms with E-state index in [1.54, 1.807) is 11.9 Å². The van der Waals surface area contributed by atoms with Crippen LogP contribution in [0.1, 0.15) is 37.7 Å². The molecule has 0 N–H and O–H groups in total. The molecule has 3 rings (SSSR count). The quantitative estimate of drug-likeness (QED) is 0.690. The van der Waals surface area contributed by atoms with E-state index in [1.807, 2.05) is 31.2 Å². The van der Waals surface area contributed by atoms with Crippen molar-refractivity contribution in [2.45, 2.75) is 39.0 Å². The number of rotatable bonds is 7. The third kappa shape index (κ3) is 4.49. The summed E-state index contributed by atoms with van der Waals surface area (Å²) in [6, 6.07) is 7.76. The summed E-state index contributed by atoms with van der Waals surface area (Å²) in [5.41, 5.74) is 1.17. The summed E-state index contributed by atoms with van der Waals surface area (Å²) < 4.78 is 5.65. The van der Waals surface area contributed by atoms with Gasteiger partial charge in [-0.2, -0.15) is 0 Å². The average Bonchev–Trinajstić information content (AvgIpc) is 2.92. The molecule has 1 aromatic carbocycles. The molecule has 0 spiro atoms. The highest BCUT2D eigenvalue weighted by molar-refractivity contribution is 6.05. The number of hydrogen-bond donors (Lipinski definition) is 0. The molecule has 2 fully saturated rings. The number of ether oxygens (including phenoxy) is 1. The first-order valence-corrected chi connectivity index (χ1v) is 9.76. The smallest absolute Gasteiger partial charge is 0.233 e. The van der Waals surface area contributed by atoms with Crippen LogP contribution in [0.25, 0.3) is 0 Å². The van der Waals surface area contributed by atoms with Gasteiger partial charge in [0, 0.05) is 20.0 Å². The minimum atomic E-state index is -0.151. The number of benzene rings is 1. The Morgan fingerprint density at radius 2 is 1.70 bits per heavy atom. The van der Waals surface area contributed by atoms with E-state index in [0.29, 0.717) is 13.2 Å². The van der Waals surface area contributed by atoms with Gasteiger partial charge in [0.15, 0.2) is 0 Å². The number of fused-ring (bicyclic) bond motifs is 1. The van der Waals surface area contributed by atoms with E-state index in [4.69, 9.17) is 4.74 Å². The minimum absolute atomic E-state index is 0.0807. The van der Waals surface area contributed by atoms with Crippen LogP contribution in [0, 0.1) is 18.8 Å². The Kier molecular flexibility index (Phi) is 6.14. The highest BCUT2D eigenvalue weighted by Gasteiger charge is 2.47. The molecule has 2 atom stereocenters. The monoisotopic (exact) mass is 372 g/mol. The standard InChI is InChI=1S/C21H28N2O4/c1-15-7-9-16(10-8-15)27-14-13-22(2)19(24)11-12-23-20(25)17-5-3-4-6-18(17)21(23)26/h7-10,17-18H,3-6,11-14H2,1-2H3. The zero-order valence-corrected chi connectivity index (χ0v) is 16.1. The van der Waals surface area contributed by atoms with Gasteiger partial charge in [-0.3, -0.25) is 19.3 Å². The van der Waals surface area contributed by atoms with Gasteiger partial charge in [-0.25, -0.2) is 0 Å². The lowest BCUT2D eigenvalue weighted by atomic mass is 9.81. The predicted molar refractivity (Wildman–Crippen MR) is 101 cm³/mol. The van der Waals surface area contributed by atoms with Gasteiger partial charge in [-0.15, -0.1) is 0 Å². The zero-order chi connectivity index (χ0) is 19.4. The second-order valence-corrected chi connectivity index (χ2v) is 7.55. The first-order chi connectivity index (χ1) is 13.0. The van der Waals surface area contributed by atoms with E-state index < -0.39 is 0 Å². The Balaban J connectivity index is 1.42. The Bertz CT molecular complexity index is 677. The van der Waals surface area contributed by atoms with Crippen LogP contribution in [0.5, 0.6) is 5.75 Å². The fraction of sp³-hybridized carbons (Fsp3) is 0.571. The van der Waals surface area contributed by atoms with Crippen molar-refractivity contribution in [3.8, 4) is 5.75 Å². The van der Waals surface area contributed by atoms with E-state index in [-0.39, 0.29) is 42.5 Å². The van der Waals surface area contributed by atoms with Gasteiger partial charge in [0.25, 0.3) is 0 Å². The van der Waals surface area contributed by atoms with E-state index in [9.17, 15) is 14.4 Å². The highest BCUT2D eigenvalue weighted by atomic mass is 16.5. The maximum absolute atomic E-state index is 12.4. The summed E-state index contributed by atoms with van der Waals surface area (Å²) in [5, 5.41) is 0. The maximum Gasteiger partial charge on any atom is 0.233 e. The largest absolute Gasteiger partial charge is 0.492 e. The Labute approximate surface area is 160 Å². The van der Waals surface area contributed by atoms with Crippen molar-refractivity contribution in [3.05, 3.63) is 29.8 Å². The number of amides is 3. The van der Waals surface area contributed by atoms with Crippen LogP contribution in [0.2, 0.25) is 0 Å². The second-order valence-electron chi connectivity index (χ2n) is 7.55. The molecule has 1 aliphatic heterocycles.